The Bertz CT molecular complexity index is 407. The van der Waals surface area contributed by atoms with Gasteiger partial charge in [0.05, 0.1) is 5.92 Å². The molecule has 0 aliphatic heterocycles. The van der Waals surface area contributed by atoms with E-state index in [0.29, 0.717) is 18.8 Å². The molecule has 2 saturated carbocycles. The number of ether oxygens (including phenoxy) is 2. The number of hydrogen-bond acceptors (Lipinski definition) is 5. The fourth-order valence-electron chi connectivity index (χ4n) is 3.17. The average molecular weight is 306 g/mol. The van der Waals surface area contributed by atoms with E-state index >= 15 is 0 Å². The van der Waals surface area contributed by atoms with Gasteiger partial charge in [0.25, 0.3) is 0 Å². The van der Waals surface area contributed by atoms with Gasteiger partial charge in [0.1, 0.15) is 19.3 Å². The van der Waals surface area contributed by atoms with Gasteiger partial charge in [-0.1, -0.05) is 6.42 Å². The molecule has 2 aliphatic carbocycles. The predicted molar refractivity (Wildman–Crippen MR) is 67.5 cm³/mol. The number of alkyl halides is 2. The van der Waals surface area contributed by atoms with Crippen LogP contribution in [-0.4, -0.2) is 42.3 Å². The smallest absolute Gasteiger partial charge is 0.376 e. The summed E-state index contributed by atoms with van der Waals surface area (Å²) in [6.07, 6.45) is 2.80. The van der Waals surface area contributed by atoms with Gasteiger partial charge in [-0.05, 0) is 31.1 Å². The van der Waals surface area contributed by atoms with E-state index in [-0.39, 0.29) is 18.5 Å². The molecule has 5 nitrogen and oxygen atoms in total. The summed E-state index contributed by atoms with van der Waals surface area (Å²) in [7, 11) is 0. The fourth-order valence-corrected chi connectivity index (χ4v) is 3.17. The lowest BCUT2D eigenvalue weighted by Gasteiger charge is -2.21. The minimum atomic E-state index is -3.60. The van der Waals surface area contributed by atoms with Crippen molar-refractivity contribution >= 4 is 11.9 Å². The van der Waals surface area contributed by atoms with Crippen molar-refractivity contribution in [2.75, 3.05) is 13.2 Å². The third-order valence-electron chi connectivity index (χ3n) is 4.22. The number of aliphatic hydroxyl groups is 1. The van der Waals surface area contributed by atoms with Crippen LogP contribution in [0.5, 0.6) is 0 Å². The fraction of sp³-hybridized carbons (Fsp3) is 0.857. The number of carbonyl (C=O) groups excluding carboxylic acids is 2. The van der Waals surface area contributed by atoms with Gasteiger partial charge in [-0.25, -0.2) is 4.79 Å². The zero-order chi connectivity index (χ0) is 15.6. The molecular formula is C14H20F2O5. The number of esters is 2. The molecule has 1 N–H and O–H groups in total. The van der Waals surface area contributed by atoms with E-state index in [2.05, 4.69) is 4.74 Å². The van der Waals surface area contributed by atoms with Crippen LogP contribution in [0.15, 0.2) is 0 Å². The van der Waals surface area contributed by atoms with Crippen molar-refractivity contribution in [1.29, 1.82) is 0 Å². The van der Waals surface area contributed by atoms with Crippen LogP contribution in [0.1, 0.15) is 32.6 Å². The van der Waals surface area contributed by atoms with Crippen molar-refractivity contribution in [2.45, 2.75) is 44.6 Å². The topological polar surface area (TPSA) is 72.8 Å². The lowest BCUT2D eigenvalue weighted by Crippen LogP contribution is -2.33. The van der Waals surface area contributed by atoms with Crippen molar-refractivity contribution in [3.05, 3.63) is 0 Å². The first-order chi connectivity index (χ1) is 9.77. The van der Waals surface area contributed by atoms with Crippen LogP contribution in [0.3, 0.4) is 0 Å². The van der Waals surface area contributed by atoms with E-state index in [1.807, 2.05) is 0 Å². The Morgan fingerprint density at radius 2 is 1.90 bits per heavy atom. The van der Waals surface area contributed by atoms with Crippen LogP contribution in [0.2, 0.25) is 0 Å². The molecule has 2 rings (SSSR count). The first kappa shape index (κ1) is 16.1. The largest absolute Gasteiger partial charge is 0.463 e. The normalized spacial score (nSPS) is 29.2. The highest BCUT2D eigenvalue weighted by atomic mass is 19.3. The minimum Gasteiger partial charge on any atom is -0.463 e. The molecule has 2 fully saturated rings. The summed E-state index contributed by atoms with van der Waals surface area (Å²) in [5, 5.41) is 9.49. The Morgan fingerprint density at radius 1 is 1.24 bits per heavy atom. The number of halogens is 2. The lowest BCUT2D eigenvalue weighted by molar-refractivity contribution is -0.174. The summed E-state index contributed by atoms with van der Waals surface area (Å²) in [6.45, 7) is -0.557. The third kappa shape index (κ3) is 4.12. The maximum absolute atomic E-state index is 12.5. The number of hydrogen-bond donors (Lipinski definition) is 1. The molecule has 21 heavy (non-hydrogen) atoms. The van der Waals surface area contributed by atoms with E-state index in [1.165, 1.54) is 0 Å². The van der Waals surface area contributed by atoms with Gasteiger partial charge >= 0.3 is 17.9 Å². The number of aliphatic hydroxyl groups excluding tert-OH is 1. The number of rotatable bonds is 6. The van der Waals surface area contributed by atoms with Crippen molar-refractivity contribution < 1.29 is 33.0 Å². The summed E-state index contributed by atoms with van der Waals surface area (Å²) < 4.78 is 34.3. The van der Waals surface area contributed by atoms with Crippen molar-refractivity contribution in [3.8, 4) is 0 Å². The van der Waals surface area contributed by atoms with Crippen LogP contribution in [0, 0.1) is 17.8 Å². The standard InChI is InChI=1S/C14H20F2O5/c1-14(15,16)13(19)21-7-10(17)6-20-12(18)11-5-8-2-3-9(11)4-8/h8-11,17H,2-7H2,1H3. The molecule has 4 unspecified atom stereocenters. The number of carbonyl (C=O) groups is 2. The monoisotopic (exact) mass is 306 g/mol. The zero-order valence-electron chi connectivity index (χ0n) is 11.9. The molecule has 0 heterocycles. The van der Waals surface area contributed by atoms with Gasteiger partial charge < -0.3 is 14.6 Å². The van der Waals surface area contributed by atoms with E-state index < -0.39 is 24.6 Å². The molecule has 0 aromatic rings. The van der Waals surface area contributed by atoms with Crippen molar-refractivity contribution in [2.24, 2.45) is 17.8 Å². The molecule has 0 radical (unpaired) electrons. The van der Waals surface area contributed by atoms with E-state index in [0.717, 1.165) is 25.7 Å². The Hall–Kier alpha value is -1.24. The van der Waals surface area contributed by atoms with Crippen molar-refractivity contribution in [1.82, 2.24) is 0 Å². The summed E-state index contributed by atoms with van der Waals surface area (Å²) in [5.41, 5.74) is 0. The summed E-state index contributed by atoms with van der Waals surface area (Å²) in [5.74, 6) is -4.80. The second kappa shape index (κ2) is 6.25. The molecule has 4 atom stereocenters. The second-order valence-corrected chi connectivity index (χ2v) is 6.05. The van der Waals surface area contributed by atoms with Gasteiger partial charge in [0, 0.05) is 6.92 Å². The molecule has 0 aromatic carbocycles. The third-order valence-corrected chi connectivity index (χ3v) is 4.22. The molecule has 0 amide bonds. The Morgan fingerprint density at radius 3 is 2.43 bits per heavy atom. The van der Waals surface area contributed by atoms with Gasteiger partial charge in [0.15, 0.2) is 0 Å². The highest BCUT2D eigenvalue weighted by Gasteiger charge is 2.44. The van der Waals surface area contributed by atoms with E-state index in [9.17, 15) is 23.5 Å². The summed E-state index contributed by atoms with van der Waals surface area (Å²) >= 11 is 0. The molecule has 0 aromatic heterocycles. The van der Waals surface area contributed by atoms with Gasteiger partial charge in [-0.2, -0.15) is 8.78 Å². The summed E-state index contributed by atoms with van der Waals surface area (Å²) in [4.78, 5) is 22.7. The quantitative estimate of drug-likeness (QED) is 0.753. The molecular weight excluding hydrogens is 286 g/mol. The highest BCUT2D eigenvalue weighted by molar-refractivity contribution is 5.77. The first-order valence-corrected chi connectivity index (χ1v) is 7.17. The summed E-state index contributed by atoms with van der Waals surface area (Å²) in [6, 6.07) is 0. The number of fused-ring (bicyclic) bond motifs is 2. The Kier molecular flexibility index (Phi) is 4.81. The second-order valence-electron chi connectivity index (χ2n) is 6.05. The van der Waals surface area contributed by atoms with Crippen LogP contribution < -0.4 is 0 Å². The zero-order valence-corrected chi connectivity index (χ0v) is 11.9. The Balaban J connectivity index is 1.66. The van der Waals surface area contributed by atoms with Crippen LogP contribution >= 0.6 is 0 Å². The van der Waals surface area contributed by atoms with Gasteiger partial charge in [-0.15, -0.1) is 0 Å². The highest BCUT2D eigenvalue weighted by Crippen LogP contribution is 2.48. The predicted octanol–water partition coefficient (Wildman–Crippen LogP) is 1.53. The molecule has 120 valence electrons. The van der Waals surface area contributed by atoms with E-state index in [1.54, 1.807) is 0 Å². The van der Waals surface area contributed by atoms with Gasteiger partial charge in [-0.3, -0.25) is 4.79 Å². The maximum atomic E-state index is 12.5. The van der Waals surface area contributed by atoms with Crippen molar-refractivity contribution in [3.63, 3.8) is 0 Å². The first-order valence-electron chi connectivity index (χ1n) is 7.17. The SMILES string of the molecule is CC(F)(F)C(=O)OCC(O)COC(=O)C1CC2CCC1C2. The molecule has 0 saturated heterocycles. The Labute approximate surface area is 121 Å². The van der Waals surface area contributed by atoms with Crippen LogP contribution in [0.25, 0.3) is 0 Å². The minimum absolute atomic E-state index is 0.113. The molecule has 0 spiro atoms. The molecule has 2 bridgehead atoms. The van der Waals surface area contributed by atoms with Gasteiger partial charge in [0.2, 0.25) is 0 Å². The maximum Gasteiger partial charge on any atom is 0.376 e. The average Bonchev–Trinajstić information content (AvgIpc) is 3.03. The van der Waals surface area contributed by atoms with Crippen LogP contribution in [-0.2, 0) is 19.1 Å². The molecule has 7 heteroatoms. The lowest BCUT2D eigenvalue weighted by atomic mass is 9.89. The molecule has 2 aliphatic rings. The van der Waals surface area contributed by atoms with E-state index in [4.69, 9.17) is 4.74 Å². The van der Waals surface area contributed by atoms with Crippen LogP contribution in [0.4, 0.5) is 8.78 Å².